The lowest BCUT2D eigenvalue weighted by molar-refractivity contribution is 0.0115. The summed E-state index contributed by atoms with van der Waals surface area (Å²) in [5.41, 5.74) is 0.394. The van der Waals surface area contributed by atoms with Gasteiger partial charge in [-0.25, -0.2) is 4.39 Å². The molecule has 0 aliphatic carbocycles. The van der Waals surface area contributed by atoms with Crippen LogP contribution in [0.4, 0.5) is 4.39 Å². The van der Waals surface area contributed by atoms with Crippen LogP contribution in [-0.2, 0) is 4.74 Å². The van der Waals surface area contributed by atoms with Gasteiger partial charge in [0, 0.05) is 18.7 Å². The Kier molecular flexibility index (Phi) is 7.12. The predicted molar refractivity (Wildman–Crippen MR) is 84.3 cm³/mol. The first-order chi connectivity index (χ1) is 9.95. The number of hydrogen-bond acceptors (Lipinski definition) is 3. The van der Waals surface area contributed by atoms with E-state index in [2.05, 4.69) is 12.2 Å². The van der Waals surface area contributed by atoms with Gasteiger partial charge in [-0.05, 0) is 51.8 Å². The molecule has 1 rings (SSSR count). The molecule has 1 aromatic rings. The number of nitrogens with one attached hydrogen (secondary N) is 1. The van der Waals surface area contributed by atoms with Crippen molar-refractivity contribution in [2.45, 2.75) is 51.7 Å². The van der Waals surface area contributed by atoms with Gasteiger partial charge in [0.1, 0.15) is 11.6 Å². The Bertz CT molecular complexity index is 435. The molecule has 0 heterocycles. The summed E-state index contributed by atoms with van der Waals surface area (Å²) in [6, 6.07) is 4.89. The van der Waals surface area contributed by atoms with Crippen molar-refractivity contribution in [1.29, 1.82) is 0 Å². The molecule has 0 spiro atoms. The van der Waals surface area contributed by atoms with Crippen LogP contribution in [0.5, 0.6) is 5.75 Å². The fraction of sp³-hybridized carbons (Fsp3) is 0.647. The average Bonchev–Trinajstić information content (AvgIpc) is 2.48. The maximum Gasteiger partial charge on any atom is 0.131 e. The van der Waals surface area contributed by atoms with E-state index in [4.69, 9.17) is 9.47 Å². The van der Waals surface area contributed by atoms with Crippen molar-refractivity contribution in [2.24, 2.45) is 0 Å². The molecular formula is C17H28FNO2. The van der Waals surface area contributed by atoms with Gasteiger partial charge >= 0.3 is 0 Å². The zero-order chi connectivity index (χ0) is 15.9. The molecule has 0 fully saturated rings. The van der Waals surface area contributed by atoms with Gasteiger partial charge in [0.25, 0.3) is 0 Å². The minimum Gasteiger partial charge on any atom is -0.496 e. The standard InChI is InChI=1S/C17H28FNO2/c1-6-12-19-14(10-11-17(2,3)21-5)16-13(18)8-7-9-15(16)20-4/h7-9,14,19H,6,10-12H2,1-5H3. The van der Waals surface area contributed by atoms with Crippen LogP contribution in [0, 0.1) is 5.82 Å². The molecule has 1 unspecified atom stereocenters. The number of methoxy groups -OCH3 is 2. The molecule has 0 saturated heterocycles. The zero-order valence-corrected chi connectivity index (χ0v) is 13.8. The molecule has 0 saturated carbocycles. The van der Waals surface area contributed by atoms with Gasteiger partial charge in [-0.2, -0.15) is 0 Å². The topological polar surface area (TPSA) is 30.5 Å². The molecule has 0 bridgehead atoms. The average molecular weight is 297 g/mol. The second kappa shape index (κ2) is 8.35. The van der Waals surface area contributed by atoms with Crippen molar-refractivity contribution in [3.8, 4) is 5.75 Å². The van der Waals surface area contributed by atoms with Crippen molar-refractivity contribution in [1.82, 2.24) is 5.32 Å². The normalized spacial score (nSPS) is 13.2. The largest absolute Gasteiger partial charge is 0.496 e. The Morgan fingerprint density at radius 3 is 2.57 bits per heavy atom. The number of halogens is 1. The predicted octanol–water partition coefficient (Wildman–Crippen LogP) is 4.08. The second-order valence-corrected chi connectivity index (χ2v) is 5.86. The number of benzene rings is 1. The highest BCUT2D eigenvalue weighted by Crippen LogP contribution is 2.32. The molecule has 4 heteroatoms. The van der Waals surface area contributed by atoms with E-state index in [1.54, 1.807) is 26.4 Å². The van der Waals surface area contributed by atoms with Crippen molar-refractivity contribution in [3.05, 3.63) is 29.6 Å². The van der Waals surface area contributed by atoms with E-state index in [1.807, 2.05) is 13.8 Å². The van der Waals surface area contributed by atoms with Gasteiger partial charge in [-0.1, -0.05) is 13.0 Å². The number of rotatable bonds is 9. The Morgan fingerprint density at radius 2 is 2.00 bits per heavy atom. The Labute approximate surface area is 127 Å². The highest BCUT2D eigenvalue weighted by Gasteiger charge is 2.24. The third-order valence-corrected chi connectivity index (χ3v) is 3.81. The van der Waals surface area contributed by atoms with Crippen LogP contribution in [0.3, 0.4) is 0 Å². The number of ether oxygens (including phenoxy) is 2. The Hall–Kier alpha value is -1.13. The smallest absolute Gasteiger partial charge is 0.131 e. The molecule has 0 aromatic heterocycles. The molecule has 21 heavy (non-hydrogen) atoms. The minimum absolute atomic E-state index is 0.0736. The summed E-state index contributed by atoms with van der Waals surface area (Å²) in [4.78, 5) is 0. The van der Waals surface area contributed by atoms with Crippen LogP contribution < -0.4 is 10.1 Å². The maximum absolute atomic E-state index is 14.3. The highest BCUT2D eigenvalue weighted by molar-refractivity contribution is 5.37. The van der Waals surface area contributed by atoms with Crippen LogP contribution in [0.2, 0.25) is 0 Å². The lowest BCUT2D eigenvalue weighted by Gasteiger charge is -2.27. The Morgan fingerprint density at radius 1 is 1.29 bits per heavy atom. The third kappa shape index (κ3) is 5.29. The lowest BCUT2D eigenvalue weighted by atomic mass is 9.94. The van der Waals surface area contributed by atoms with E-state index in [9.17, 15) is 4.39 Å². The maximum atomic E-state index is 14.3. The fourth-order valence-electron chi connectivity index (χ4n) is 2.29. The highest BCUT2D eigenvalue weighted by atomic mass is 19.1. The van der Waals surface area contributed by atoms with Gasteiger partial charge in [-0.15, -0.1) is 0 Å². The molecule has 1 atom stereocenters. The van der Waals surface area contributed by atoms with Crippen molar-refractivity contribution < 1.29 is 13.9 Å². The van der Waals surface area contributed by atoms with Gasteiger partial charge in [0.05, 0.1) is 12.7 Å². The van der Waals surface area contributed by atoms with E-state index in [1.165, 1.54) is 6.07 Å². The summed E-state index contributed by atoms with van der Waals surface area (Å²) in [5, 5.41) is 3.42. The van der Waals surface area contributed by atoms with E-state index >= 15 is 0 Å². The van der Waals surface area contributed by atoms with Gasteiger partial charge in [0.15, 0.2) is 0 Å². The first-order valence-electron chi connectivity index (χ1n) is 7.56. The van der Waals surface area contributed by atoms with Crippen LogP contribution in [0.25, 0.3) is 0 Å². The molecule has 0 radical (unpaired) electrons. The van der Waals surface area contributed by atoms with E-state index < -0.39 is 0 Å². The summed E-state index contributed by atoms with van der Waals surface area (Å²) in [6.07, 6.45) is 2.63. The van der Waals surface area contributed by atoms with E-state index in [0.717, 1.165) is 25.8 Å². The second-order valence-electron chi connectivity index (χ2n) is 5.86. The summed E-state index contributed by atoms with van der Waals surface area (Å²) in [7, 11) is 3.28. The number of hydrogen-bond donors (Lipinski definition) is 1. The molecule has 1 aromatic carbocycles. The molecule has 1 N–H and O–H groups in total. The van der Waals surface area contributed by atoms with Crippen molar-refractivity contribution in [3.63, 3.8) is 0 Å². The van der Waals surface area contributed by atoms with Crippen LogP contribution >= 0.6 is 0 Å². The van der Waals surface area contributed by atoms with Crippen LogP contribution in [0.1, 0.15) is 51.6 Å². The van der Waals surface area contributed by atoms with E-state index in [0.29, 0.717) is 11.3 Å². The molecule has 120 valence electrons. The summed E-state index contributed by atoms with van der Waals surface area (Å²) >= 11 is 0. The van der Waals surface area contributed by atoms with Gasteiger partial charge in [-0.3, -0.25) is 0 Å². The quantitative estimate of drug-likeness (QED) is 0.745. The van der Waals surface area contributed by atoms with Crippen LogP contribution in [-0.4, -0.2) is 26.4 Å². The Balaban J connectivity index is 2.97. The SMILES string of the molecule is CCCNC(CCC(C)(C)OC)c1c(F)cccc1OC. The first-order valence-corrected chi connectivity index (χ1v) is 7.56. The molecule has 0 amide bonds. The zero-order valence-electron chi connectivity index (χ0n) is 13.8. The fourth-order valence-corrected chi connectivity index (χ4v) is 2.29. The molecule has 0 aliphatic rings. The summed E-state index contributed by atoms with van der Waals surface area (Å²) in [5.74, 6) is 0.372. The van der Waals surface area contributed by atoms with Crippen LogP contribution in [0.15, 0.2) is 18.2 Å². The summed E-state index contributed by atoms with van der Waals surface area (Å²) in [6.45, 7) is 7.03. The molecule has 3 nitrogen and oxygen atoms in total. The van der Waals surface area contributed by atoms with Gasteiger partial charge in [0.2, 0.25) is 0 Å². The van der Waals surface area contributed by atoms with Crippen molar-refractivity contribution >= 4 is 0 Å². The molecular weight excluding hydrogens is 269 g/mol. The summed E-state index contributed by atoms with van der Waals surface area (Å²) < 4.78 is 25.1. The van der Waals surface area contributed by atoms with E-state index in [-0.39, 0.29) is 17.5 Å². The minimum atomic E-state index is -0.224. The molecule has 0 aliphatic heterocycles. The third-order valence-electron chi connectivity index (χ3n) is 3.81. The van der Waals surface area contributed by atoms with Gasteiger partial charge < -0.3 is 14.8 Å². The lowest BCUT2D eigenvalue weighted by Crippen LogP contribution is -2.28. The van der Waals surface area contributed by atoms with Crippen molar-refractivity contribution in [2.75, 3.05) is 20.8 Å². The monoisotopic (exact) mass is 297 g/mol. The first kappa shape index (κ1) is 17.9.